The van der Waals surface area contributed by atoms with Crippen LogP contribution in [0.3, 0.4) is 0 Å². The molecular weight excluding hydrogens is 301 g/mol. The summed E-state index contributed by atoms with van der Waals surface area (Å²) in [6, 6.07) is 1.95. The van der Waals surface area contributed by atoms with Crippen LogP contribution in [0, 0.1) is 11.6 Å². The Balaban J connectivity index is 3.11. The first-order valence-corrected chi connectivity index (χ1v) is 5.71. The van der Waals surface area contributed by atoms with E-state index in [0.717, 1.165) is 12.1 Å². The van der Waals surface area contributed by atoms with Crippen LogP contribution in [0.4, 0.5) is 22.0 Å². The zero-order valence-corrected chi connectivity index (χ0v) is 10.6. The Bertz CT molecular complexity index is 500. The Labute approximate surface area is 116 Å². The lowest BCUT2D eigenvalue weighted by molar-refractivity contribution is -0.325. The molecule has 0 amide bonds. The second-order valence-electron chi connectivity index (χ2n) is 4.29. The molecular formula is C12H12F5NO3. The summed E-state index contributed by atoms with van der Waals surface area (Å²) in [6.07, 6.45) is -5.63. The number of hydrogen-bond donors (Lipinski definition) is 2. The number of alkyl halides is 3. The number of ether oxygens (including phenoxy) is 1. The van der Waals surface area contributed by atoms with Crippen LogP contribution in [-0.4, -0.2) is 30.6 Å². The van der Waals surface area contributed by atoms with Gasteiger partial charge in [0, 0.05) is 12.6 Å². The molecule has 9 heteroatoms. The predicted octanol–water partition coefficient (Wildman–Crippen LogP) is 2.17. The first-order valence-electron chi connectivity index (χ1n) is 5.71. The van der Waals surface area contributed by atoms with Crippen molar-refractivity contribution in [1.82, 2.24) is 0 Å². The quantitative estimate of drug-likeness (QED) is 0.790. The lowest BCUT2D eigenvalue weighted by Gasteiger charge is -2.28. The maximum Gasteiger partial charge on any atom is 0.522 e. The van der Waals surface area contributed by atoms with Crippen LogP contribution >= 0.6 is 0 Å². The minimum atomic E-state index is -4.94. The van der Waals surface area contributed by atoms with Gasteiger partial charge in [0.1, 0.15) is 17.0 Å². The van der Waals surface area contributed by atoms with Gasteiger partial charge in [-0.3, -0.25) is 9.53 Å². The molecule has 0 aliphatic heterocycles. The van der Waals surface area contributed by atoms with Crippen molar-refractivity contribution in [2.24, 2.45) is 5.73 Å². The van der Waals surface area contributed by atoms with E-state index in [4.69, 9.17) is 5.73 Å². The molecule has 1 unspecified atom stereocenters. The van der Waals surface area contributed by atoms with Crippen molar-refractivity contribution in [1.29, 1.82) is 0 Å². The van der Waals surface area contributed by atoms with Gasteiger partial charge in [0.05, 0.1) is 6.61 Å². The summed E-state index contributed by atoms with van der Waals surface area (Å²) in [5, 5.41) is 9.23. The standard InChI is InChI=1S/C12H12F5NO3/c13-8-3-7(4-9(14)5-8)11(6-18,10(19)20)1-2-21-12(15,16)17/h3-5H,1-2,6,18H2,(H,19,20). The first kappa shape index (κ1) is 17.3. The van der Waals surface area contributed by atoms with Crippen molar-refractivity contribution in [2.75, 3.05) is 13.2 Å². The Morgan fingerprint density at radius 2 is 1.71 bits per heavy atom. The Morgan fingerprint density at radius 1 is 1.19 bits per heavy atom. The van der Waals surface area contributed by atoms with Crippen LogP contribution in [-0.2, 0) is 14.9 Å². The second kappa shape index (κ2) is 6.35. The summed E-state index contributed by atoms with van der Waals surface area (Å²) >= 11 is 0. The fourth-order valence-electron chi connectivity index (χ4n) is 1.85. The summed E-state index contributed by atoms with van der Waals surface area (Å²) in [5.41, 5.74) is 2.89. The van der Waals surface area contributed by atoms with E-state index in [1.54, 1.807) is 0 Å². The number of carboxylic acid groups (broad SMARTS) is 1. The second-order valence-corrected chi connectivity index (χ2v) is 4.29. The normalized spacial score (nSPS) is 14.8. The van der Waals surface area contributed by atoms with E-state index in [-0.39, 0.29) is 5.56 Å². The maximum absolute atomic E-state index is 13.2. The number of carboxylic acids is 1. The molecule has 1 rings (SSSR count). The van der Waals surface area contributed by atoms with E-state index in [1.165, 1.54) is 0 Å². The molecule has 0 aromatic heterocycles. The Morgan fingerprint density at radius 3 is 2.10 bits per heavy atom. The molecule has 21 heavy (non-hydrogen) atoms. The molecule has 0 saturated heterocycles. The number of hydrogen-bond acceptors (Lipinski definition) is 3. The van der Waals surface area contributed by atoms with Crippen molar-refractivity contribution in [3.63, 3.8) is 0 Å². The van der Waals surface area contributed by atoms with E-state index >= 15 is 0 Å². The molecule has 0 saturated carbocycles. The van der Waals surface area contributed by atoms with E-state index in [1.807, 2.05) is 0 Å². The zero-order valence-electron chi connectivity index (χ0n) is 10.6. The van der Waals surface area contributed by atoms with E-state index in [2.05, 4.69) is 4.74 Å². The average Bonchev–Trinajstić information content (AvgIpc) is 2.31. The fourth-order valence-corrected chi connectivity index (χ4v) is 1.85. The highest BCUT2D eigenvalue weighted by Gasteiger charge is 2.41. The molecule has 1 atom stereocenters. The zero-order chi connectivity index (χ0) is 16.3. The van der Waals surface area contributed by atoms with Crippen LogP contribution in [0.5, 0.6) is 0 Å². The van der Waals surface area contributed by atoms with Crippen LogP contribution in [0.25, 0.3) is 0 Å². The Kier molecular flexibility index (Phi) is 5.24. The molecule has 0 heterocycles. The molecule has 4 nitrogen and oxygen atoms in total. The fraction of sp³-hybridized carbons (Fsp3) is 0.417. The third-order valence-electron chi connectivity index (χ3n) is 2.97. The highest BCUT2D eigenvalue weighted by molar-refractivity contribution is 5.81. The third kappa shape index (κ3) is 4.36. The largest absolute Gasteiger partial charge is 0.522 e. The summed E-state index contributed by atoms with van der Waals surface area (Å²) in [7, 11) is 0. The number of halogens is 5. The van der Waals surface area contributed by atoms with Gasteiger partial charge < -0.3 is 10.8 Å². The third-order valence-corrected chi connectivity index (χ3v) is 2.97. The molecule has 0 aliphatic rings. The number of rotatable bonds is 6. The molecule has 1 aromatic rings. The SMILES string of the molecule is NCC(CCOC(F)(F)F)(C(=O)O)c1cc(F)cc(F)c1. The number of benzene rings is 1. The highest BCUT2D eigenvalue weighted by Crippen LogP contribution is 2.30. The molecule has 0 bridgehead atoms. The minimum Gasteiger partial charge on any atom is -0.481 e. The average molecular weight is 313 g/mol. The summed E-state index contributed by atoms with van der Waals surface area (Å²) in [5.74, 6) is -3.71. The van der Waals surface area contributed by atoms with Crippen LogP contribution in [0.1, 0.15) is 12.0 Å². The first-order chi connectivity index (χ1) is 9.60. The van der Waals surface area contributed by atoms with Gasteiger partial charge in [-0.05, 0) is 24.1 Å². The summed E-state index contributed by atoms with van der Waals surface area (Å²) in [6.45, 7) is -1.66. The van der Waals surface area contributed by atoms with Gasteiger partial charge in [0.15, 0.2) is 0 Å². The molecule has 0 aliphatic carbocycles. The number of aliphatic carboxylic acids is 1. The van der Waals surface area contributed by atoms with Crippen molar-refractivity contribution in [3.05, 3.63) is 35.4 Å². The van der Waals surface area contributed by atoms with Gasteiger partial charge in [0.25, 0.3) is 0 Å². The number of nitrogens with two attached hydrogens (primary N) is 1. The lowest BCUT2D eigenvalue weighted by atomic mass is 9.77. The van der Waals surface area contributed by atoms with E-state index in [9.17, 15) is 31.9 Å². The van der Waals surface area contributed by atoms with Gasteiger partial charge in [-0.25, -0.2) is 8.78 Å². The molecule has 3 N–H and O–H groups in total. The molecule has 0 spiro atoms. The number of carbonyl (C=O) groups is 1. The molecule has 0 radical (unpaired) electrons. The van der Waals surface area contributed by atoms with Crippen LogP contribution < -0.4 is 5.73 Å². The maximum atomic E-state index is 13.2. The monoisotopic (exact) mass is 313 g/mol. The van der Waals surface area contributed by atoms with E-state index in [0.29, 0.717) is 6.07 Å². The van der Waals surface area contributed by atoms with Gasteiger partial charge in [0.2, 0.25) is 0 Å². The van der Waals surface area contributed by atoms with Crippen LogP contribution in [0.15, 0.2) is 18.2 Å². The van der Waals surface area contributed by atoms with Gasteiger partial charge >= 0.3 is 12.3 Å². The lowest BCUT2D eigenvalue weighted by Crippen LogP contribution is -2.44. The van der Waals surface area contributed by atoms with Crippen molar-refractivity contribution < 1.29 is 36.6 Å². The highest BCUT2D eigenvalue weighted by atomic mass is 19.4. The van der Waals surface area contributed by atoms with Crippen LogP contribution in [0.2, 0.25) is 0 Å². The molecule has 0 fully saturated rings. The van der Waals surface area contributed by atoms with Crippen molar-refractivity contribution in [2.45, 2.75) is 18.2 Å². The predicted molar refractivity (Wildman–Crippen MR) is 61.4 cm³/mol. The van der Waals surface area contributed by atoms with Crippen molar-refractivity contribution in [3.8, 4) is 0 Å². The van der Waals surface area contributed by atoms with Gasteiger partial charge in [-0.2, -0.15) is 0 Å². The topological polar surface area (TPSA) is 72.5 Å². The minimum absolute atomic E-state index is 0.360. The van der Waals surface area contributed by atoms with Gasteiger partial charge in [-0.15, -0.1) is 13.2 Å². The van der Waals surface area contributed by atoms with E-state index < -0.39 is 49.0 Å². The summed E-state index contributed by atoms with van der Waals surface area (Å²) in [4.78, 5) is 11.4. The Hall–Kier alpha value is -1.74. The summed E-state index contributed by atoms with van der Waals surface area (Å²) < 4.78 is 65.7. The van der Waals surface area contributed by atoms with Crippen molar-refractivity contribution >= 4 is 5.97 Å². The van der Waals surface area contributed by atoms with Gasteiger partial charge in [-0.1, -0.05) is 0 Å². The molecule has 1 aromatic carbocycles. The smallest absolute Gasteiger partial charge is 0.481 e. The molecule has 118 valence electrons.